The highest BCUT2D eigenvalue weighted by molar-refractivity contribution is 7.09. The number of rotatable bonds is 7. The fraction of sp³-hybridized carbons (Fsp3) is 0.786. The van der Waals surface area contributed by atoms with Gasteiger partial charge < -0.3 is 5.32 Å². The summed E-state index contributed by atoms with van der Waals surface area (Å²) in [7, 11) is 2.19. The maximum atomic E-state index is 4.53. The summed E-state index contributed by atoms with van der Waals surface area (Å²) in [5.41, 5.74) is 1.52. The molecule has 0 radical (unpaired) electrons. The van der Waals surface area contributed by atoms with E-state index in [9.17, 15) is 0 Å². The lowest BCUT2D eigenvalue weighted by molar-refractivity contribution is 0.197. The number of aryl methyl sites for hydroxylation is 1. The number of hydrogen-bond donors (Lipinski definition) is 1. The van der Waals surface area contributed by atoms with Crippen molar-refractivity contribution in [2.24, 2.45) is 5.41 Å². The summed E-state index contributed by atoms with van der Waals surface area (Å²) in [5.74, 6) is 0. The largest absolute Gasteiger partial charge is 0.313 e. The first kappa shape index (κ1) is 14.0. The minimum atomic E-state index is 0.322. The van der Waals surface area contributed by atoms with E-state index in [-0.39, 0.29) is 0 Å². The van der Waals surface area contributed by atoms with Gasteiger partial charge in [0.1, 0.15) is 0 Å². The van der Waals surface area contributed by atoms with Gasteiger partial charge in [-0.05, 0) is 32.2 Å². The van der Waals surface area contributed by atoms with Gasteiger partial charge in [-0.3, -0.25) is 4.90 Å². The number of nitrogens with zero attached hydrogens (tertiary/aromatic N) is 2. The van der Waals surface area contributed by atoms with E-state index >= 15 is 0 Å². The van der Waals surface area contributed by atoms with Crippen LogP contribution in [0.1, 0.15) is 37.4 Å². The van der Waals surface area contributed by atoms with E-state index in [0.29, 0.717) is 5.41 Å². The summed E-state index contributed by atoms with van der Waals surface area (Å²) in [6.07, 6.45) is 2.73. The normalized spacial score (nSPS) is 16.5. The van der Waals surface area contributed by atoms with Crippen LogP contribution < -0.4 is 5.32 Å². The molecule has 1 heterocycles. The van der Waals surface area contributed by atoms with Crippen molar-refractivity contribution in [2.75, 3.05) is 20.1 Å². The summed E-state index contributed by atoms with van der Waals surface area (Å²) in [6.45, 7) is 9.91. The Morgan fingerprint density at radius 2 is 2.22 bits per heavy atom. The molecule has 18 heavy (non-hydrogen) atoms. The SMILES string of the molecule is Cc1nc(CN(C)CC(C)(C)CNC2CC2)cs1. The molecule has 0 amide bonds. The van der Waals surface area contributed by atoms with Crippen molar-refractivity contribution in [3.05, 3.63) is 16.1 Å². The van der Waals surface area contributed by atoms with Crippen LogP contribution in [0.5, 0.6) is 0 Å². The van der Waals surface area contributed by atoms with Crippen LogP contribution in [0, 0.1) is 12.3 Å². The lowest BCUT2D eigenvalue weighted by Gasteiger charge is -2.30. The van der Waals surface area contributed by atoms with E-state index in [2.05, 4.69) is 48.4 Å². The van der Waals surface area contributed by atoms with Gasteiger partial charge >= 0.3 is 0 Å². The molecule has 1 aromatic rings. The second-order valence-electron chi connectivity index (χ2n) is 6.35. The highest BCUT2D eigenvalue weighted by Gasteiger charge is 2.26. The van der Waals surface area contributed by atoms with E-state index in [1.807, 2.05) is 0 Å². The Hall–Kier alpha value is -0.450. The lowest BCUT2D eigenvalue weighted by atomic mass is 9.92. The number of nitrogens with one attached hydrogen (secondary N) is 1. The molecule has 3 nitrogen and oxygen atoms in total. The van der Waals surface area contributed by atoms with Crippen molar-refractivity contribution in [1.29, 1.82) is 0 Å². The minimum absolute atomic E-state index is 0.322. The van der Waals surface area contributed by atoms with Crippen LogP contribution in [0.15, 0.2) is 5.38 Å². The molecule has 2 rings (SSSR count). The van der Waals surface area contributed by atoms with Crippen LogP contribution in [-0.4, -0.2) is 36.1 Å². The first-order valence-corrected chi connectivity index (χ1v) is 7.65. The van der Waals surface area contributed by atoms with E-state index in [0.717, 1.165) is 30.7 Å². The van der Waals surface area contributed by atoms with Crippen LogP contribution in [0.2, 0.25) is 0 Å². The molecule has 4 heteroatoms. The Morgan fingerprint density at radius 3 is 2.78 bits per heavy atom. The monoisotopic (exact) mass is 267 g/mol. The predicted octanol–water partition coefficient (Wildman–Crippen LogP) is 2.66. The average Bonchev–Trinajstić information content (AvgIpc) is 3.00. The van der Waals surface area contributed by atoms with E-state index in [1.165, 1.54) is 18.5 Å². The summed E-state index contributed by atoms with van der Waals surface area (Å²) >= 11 is 1.74. The summed E-state index contributed by atoms with van der Waals surface area (Å²) in [4.78, 5) is 6.90. The molecule has 1 aromatic heterocycles. The van der Waals surface area contributed by atoms with Crippen molar-refractivity contribution in [2.45, 2.75) is 46.2 Å². The number of thiazole rings is 1. The van der Waals surface area contributed by atoms with Crippen molar-refractivity contribution >= 4 is 11.3 Å². The molecule has 1 saturated carbocycles. The van der Waals surface area contributed by atoms with Crippen LogP contribution in [0.4, 0.5) is 0 Å². The smallest absolute Gasteiger partial charge is 0.0897 e. The first-order chi connectivity index (χ1) is 8.44. The predicted molar refractivity (Wildman–Crippen MR) is 78.0 cm³/mol. The molecule has 1 aliphatic carbocycles. The van der Waals surface area contributed by atoms with Gasteiger partial charge in [0.05, 0.1) is 10.7 Å². The second-order valence-corrected chi connectivity index (χ2v) is 7.41. The van der Waals surface area contributed by atoms with Gasteiger partial charge in [0.25, 0.3) is 0 Å². The Balaban J connectivity index is 1.75. The minimum Gasteiger partial charge on any atom is -0.313 e. The van der Waals surface area contributed by atoms with Crippen molar-refractivity contribution in [1.82, 2.24) is 15.2 Å². The molecule has 0 atom stereocenters. The molecule has 0 aliphatic heterocycles. The molecule has 0 unspecified atom stereocenters. The number of aromatic nitrogens is 1. The fourth-order valence-electron chi connectivity index (χ4n) is 2.31. The Kier molecular flexibility index (Phi) is 4.41. The lowest BCUT2D eigenvalue weighted by Crippen LogP contribution is -2.39. The third-order valence-corrected chi connectivity index (χ3v) is 4.07. The Morgan fingerprint density at radius 1 is 1.50 bits per heavy atom. The number of hydrogen-bond acceptors (Lipinski definition) is 4. The van der Waals surface area contributed by atoms with Gasteiger partial charge in [0.15, 0.2) is 0 Å². The summed E-state index contributed by atoms with van der Waals surface area (Å²) in [6, 6.07) is 0.802. The van der Waals surface area contributed by atoms with Crippen molar-refractivity contribution in [3.8, 4) is 0 Å². The van der Waals surface area contributed by atoms with Crippen molar-refractivity contribution in [3.63, 3.8) is 0 Å². The van der Waals surface area contributed by atoms with Gasteiger partial charge in [0, 0.05) is 31.1 Å². The second kappa shape index (κ2) is 5.68. The molecular weight excluding hydrogens is 242 g/mol. The maximum absolute atomic E-state index is 4.53. The van der Waals surface area contributed by atoms with E-state index < -0.39 is 0 Å². The van der Waals surface area contributed by atoms with Gasteiger partial charge in [-0.2, -0.15) is 0 Å². The molecule has 0 saturated heterocycles. The first-order valence-electron chi connectivity index (χ1n) is 6.77. The third kappa shape index (κ3) is 4.67. The Labute approximate surface area is 115 Å². The summed E-state index contributed by atoms with van der Waals surface area (Å²) in [5, 5.41) is 6.96. The van der Waals surface area contributed by atoms with Gasteiger partial charge in [-0.1, -0.05) is 13.8 Å². The molecule has 0 bridgehead atoms. The van der Waals surface area contributed by atoms with Gasteiger partial charge in [0.2, 0.25) is 0 Å². The van der Waals surface area contributed by atoms with Gasteiger partial charge in [-0.25, -0.2) is 4.98 Å². The molecular formula is C14H25N3S. The summed E-state index contributed by atoms with van der Waals surface area (Å²) < 4.78 is 0. The Bertz CT molecular complexity index is 382. The molecule has 1 N–H and O–H groups in total. The topological polar surface area (TPSA) is 28.2 Å². The molecule has 0 aromatic carbocycles. The van der Waals surface area contributed by atoms with E-state index in [1.54, 1.807) is 11.3 Å². The molecule has 1 aliphatic rings. The van der Waals surface area contributed by atoms with Crippen LogP contribution in [-0.2, 0) is 6.54 Å². The standard InChI is InChI=1S/C14H25N3S/c1-11-16-13(8-18-11)7-17(4)10-14(2,3)9-15-12-5-6-12/h8,12,15H,5-7,9-10H2,1-4H3. The van der Waals surface area contributed by atoms with Crippen molar-refractivity contribution < 1.29 is 0 Å². The zero-order chi connectivity index (χ0) is 13.2. The fourth-order valence-corrected chi connectivity index (χ4v) is 2.91. The average molecular weight is 267 g/mol. The van der Waals surface area contributed by atoms with Crippen LogP contribution in [0.3, 0.4) is 0 Å². The highest BCUT2D eigenvalue weighted by atomic mass is 32.1. The maximum Gasteiger partial charge on any atom is 0.0897 e. The highest BCUT2D eigenvalue weighted by Crippen LogP contribution is 2.22. The zero-order valence-corrected chi connectivity index (χ0v) is 12.8. The third-order valence-electron chi connectivity index (χ3n) is 3.24. The van der Waals surface area contributed by atoms with Crippen LogP contribution >= 0.6 is 11.3 Å². The van der Waals surface area contributed by atoms with Crippen LogP contribution in [0.25, 0.3) is 0 Å². The van der Waals surface area contributed by atoms with E-state index in [4.69, 9.17) is 0 Å². The molecule has 1 fully saturated rings. The molecule has 102 valence electrons. The zero-order valence-electron chi connectivity index (χ0n) is 12.0. The van der Waals surface area contributed by atoms with Gasteiger partial charge in [-0.15, -0.1) is 11.3 Å². The molecule has 0 spiro atoms. The quantitative estimate of drug-likeness (QED) is 0.823.